The van der Waals surface area contributed by atoms with Crippen molar-refractivity contribution in [1.82, 2.24) is 4.57 Å². The van der Waals surface area contributed by atoms with Crippen molar-refractivity contribution in [3.63, 3.8) is 0 Å². The number of nitrogens with one attached hydrogen (secondary N) is 1. The number of rotatable bonds is 4. The smallest absolute Gasteiger partial charge is 0.323 e. The molecule has 4 rings (SSSR count). The summed E-state index contributed by atoms with van der Waals surface area (Å²) >= 11 is 0. The van der Waals surface area contributed by atoms with E-state index in [9.17, 15) is 22.4 Å². The maximum absolute atomic E-state index is 14.5. The van der Waals surface area contributed by atoms with Crippen LogP contribution in [0, 0.1) is 5.82 Å². The largest absolute Gasteiger partial charge is 0.416 e. The topological polar surface area (TPSA) is 34.0 Å². The van der Waals surface area contributed by atoms with E-state index in [1.165, 1.54) is 18.2 Å². The van der Waals surface area contributed by atoms with Crippen molar-refractivity contribution in [2.75, 3.05) is 5.32 Å². The molecule has 3 nitrogen and oxygen atoms in total. The molecule has 4 aromatic rings. The second-order valence-corrected chi connectivity index (χ2v) is 6.86. The molecule has 1 aromatic heterocycles. The fourth-order valence-corrected chi connectivity index (χ4v) is 3.42. The van der Waals surface area contributed by atoms with Crippen LogP contribution in [-0.4, -0.2) is 10.5 Å². The van der Waals surface area contributed by atoms with Crippen molar-refractivity contribution in [3.8, 4) is 16.8 Å². The van der Waals surface area contributed by atoms with Gasteiger partial charge >= 0.3 is 6.18 Å². The Morgan fingerprint density at radius 3 is 2.32 bits per heavy atom. The van der Waals surface area contributed by atoms with E-state index in [1.54, 1.807) is 47.2 Å². The third-order valence-electron chi connectivity index (χ3n) is 4.89. The van der Waals surface area contributed by atoms with E-state index in [2.05, 4.69) is 11.9 Å². The van der Waals surface area contributed by atoms with Crippen molar-refractivity contribution < 1.29 is 22.4 Å². The lowest BCUT2D eigenvalue weighted by Crippen LogP contribution is -2.07. The first-order chi connectivity index (χ1) is 14.8. The fraction of sp³-hybridized carbons (Fsp3) is 0.0417. The van der Waals surface area contributed by atoms with Gasteiger partial charge in [0.1, 0.15) is 5.82 Å². The molecule has 0 atom stereocenters. The number of amides is 1. The molecule has 0 aliphatic carbocycles. The van der Waals surface area contributed by atoms with E-state index < -0.39 is 23.5 Å². The molecule has 0 radical (unpaired) electrons. The van der Waals surface area contributed by atoms with Crippen LogP contribution in [0.15, 0.2) is 85.6 Å². The molecule has 31 heavy (non-hydrogen) atoms. The lowest BCUT2D eigenvalue weighted by Gasteiger charge is -2.10. The highest BCUT2D eigenvalue weighted by Crippen LogP contribution is 2.36. The van der Waals surface area contributed by atoms with Crippen LogP contribution >= 0.6 is 0 Å². The van der Waals surface area contributed by atoms with Crippen LogP contribution in [0.3, 0.4) is 0 Å². The Bertz CT molecular complexity index is 1290. The lowest BCUT2D eigenvalue weighted by atomic mass is 10.0. The standard InChI is InChI=1S/C24H16F4N2O/c1-2-23(31)29-16-9-12-22-19(13-16)20(18-5-3-4-6-21(18)25)14-30(22)17-10-7-15(8-11-17)24(26,27)28/h2-14H,1H2,(H,29,31). The van der Waals surface area contributed by atoms with E-state index in [-0.39, 0.29) is 0 Å². The molecule has 0 bridgehead atoms. The Kier molecular flexibility index (Phi) is 5.10. The molecule has 3 aromatic carbocycles. The summed E-state index contributed by atoms with van der Waals surface area (Å²) in [6.45, 7) is 3.42. The molecular formula is C24H16F4N2O. The van der Waals surface area contributed by atoms with Crippen molar-refractivity contribution in [2.45, 2.75) is 6.18 Å². The second-order valence-electron chi connectivity index (χ2n) is 6.86. The number of anilines is 1. The Balaban J connectivity index is 1.91. The quantitative estimate of drug-likeness (QED) is 0.291. The third kappa shape index (κ3) is 3.94. The first-order valence-electron chi connectivity index (χ1n) is 9.29. The van der Waals surface area contributed by atoms with Gasteiger partial charge in [-0.2, -0.15) is 13.2 Å². The van der Waals surface area contributed by atoms with Crippen molar-refractivity contribution >= 4 is 22.5 Å². The van der Waals surface area contributed by atoms with Gasteiger partial charge in [-0.15, -0.1) is 0 Å². The predicted molar refractivity (Wildman–Crippen MR) is 112 cm³/mol. The zero-order chi connectivity index (χ0) is 22.2. The molecule has 0 aliphatic rings. The number of benzene rings is 3. The molecule has 7 heteroatoms. The molecule has 0 saturated heterocycles. The Morgan fingerprint density at radius 1 is 0.968 bits per heavy atom. The zero-order valence-corrected chi connectivity index (χ0v) is 16.1. The van der Waals surface area contributed by atoms with Crippen LogP contribution in [0.4, 0.5) is 23.2 Å². The van der Waals surface area contributed by atoms with Gasteiger partial charge < -0.3 is 9.88 Å². The minimum atomic E-state index is -4.44. The average molecular weight is 424 g/mol. The number of nitrogens with zero attached hydrogens (tertiary/aromatic N) is 1. The molecule has 0 fully saturated rings. The van der Waals surface area contributed by atoms with E-state index in [0.717, 1.165) is 18.2 Å². The number of halogens is 4. The molecule has 1 N–H and O–H groups in total. The van der Waals surface area contributed by atoms with Crippen LogP contribution in [0.2, 0.25) is 0 Å². The summed E-state index contributed by atoms with van der Waals surface area (Å²) in [5.74, 6) is -0.830. The maximum atomic E-state index is 14.5. The minimum Gasteiger partial charge on any atom is -0.323 e. The number of hydrogen-bond acceptors (Lipinski definition) is 1. The lowest BCUT2D eigenvalue weighted by molar-refractivity contribution is -0.137. The molecular weight excluding hydrogens is 408 g/mol. The third-order valence-corrected chi connectivity index (χ3v) is 4.89. The number of aromatic nitrogens is 1. The summed E-state index contributed by atoms with van der Waals surface area (Å²) in [4.78, 5) is 11.7. The van der Waals surface area contributed by atoms with Gasteiger partial charge in [-0.25, -0.2) is 4.39 Å². The van der Waals surface area contributed by atoms with Crippen molar-refractivity contribution in [3.05, 3.63) is 97.0 Å². The molecule has 0 aliphatic heterocycles. The van der Waals surface area contributed by atoms with Crippen LogP contribution in [0.25, 0.3) is 27.7 Å². The van der Waals surface area contributed by atoms with Gasteiger partial charge in [-0.3, -0.25) is 4.79 Å². The van der Waals surface area contributed by atoms with E-state index in [1.807, 2.05) is 0 Å². The first-order valence-corrected chi connectivity index (χ1v) is 9.29. The zero-order valence-electron chi connectivity index (χ0n) is 16.1. The average Bonchev–Trinajstić information content (AvgIpc) is 3.12. The molecule has 156 valence electrons. The van der Waals surface area contributed by atoms with E-state index in [4.69, 9.17) is 0 Å². The Labute approximate surface area is 175 Å². The summed E-state index contributed by atoms with van der Waals surface area (Å²) < 4.78 is 55.0. The minimum absolute atomic E-state index is 0.338. The van der Waals surface area contributed by atoms with Gasteiger partial charge in [0.05, 0.1) is 11.1 Å². The normalized spacial score (nSPS) is 11.5. The first kappa shape index (κ1) is 20.4. The number of carbonyl (C=O) groups excluding carboxylic acids is 1. The second kappa shape index (κ2) is 7.75. The summed E-state index contributed by atoms with van der Waals surface area (Å²) in [5, 5.41) is 3.30. The van der Waals surface area contributed by atoms with Gasteiger partial charge in [0.25, 0.3) is 0 Å². The highest BCUT2D eigenvalue weighted by atomic mass is 19.4. The molecule has 0 unspecified atom stereocenters. The van der Waals surface area contributed by atoms with Gasteiger partial charge in [0.2, 0.25) is 5.91 Å². The maximum Gasteiger partial charge on any atom is 0.416 e. The number of alkyl halides is 3. The van der Waals surface area contributed by atoms with E-state index in [0.29, 0.717) is 33.4 Å². The summed E-state index contributed by atoms with van der Waals surface area (Å²) in [5.41, 5.74) is 1.75. The highest BCUT2D eigenvalue weighted by Gasteiger charge is 2.30. The van der Waals surface area contributed by atoms with Crippen LogP contribution in [0.1, 0.15) is 5.56 Å². The van der Waals surface area contributed by atoms with Gasteiger partial charge in [-0.05, 0) is 54.6 Å². The molecule has 1 amide bonds. The van der Waals surface area contributed by atoms with Gasteiger partial charge in [0.15, 0.2) is 0 Å². The Morgan fingerprint density at radius 2 is 1.68 bits per heavy atom. The van der Waals surface area contributed by atoms with Crippen LogP contribution in [-0.2, 0) is 11.0 Å². The summed E-state index contributed by atoms with van der Waals surface area (Å²) in [7, 11) is 0. The SMILES string of the molecule is C=CC(=O)Nc1ccc2c(c1)c(-c1ccccc1F)cn2-c1ccc(C(F)(F)F)cc1. The molecule has 1 heterocycles. The van der Waals surface area contributed by atoms with E-state index >= 15 is 0 Å². The highest BCUT2D eigenvalue weighted by molar-refractivity contribution is 6.03. The molecule has 0 spiro atoms. The summed E-state index contributed by atoms with van der Waals surface area (Å²) in [6.07, 6.45) is -1.63. The fourth-order valence-electron chi connectivity index (χ4n) is 3.42. The molecule has 0 saturated carbocycles. The van der Waals surface area contributed by atoms with Crippen LogP contribution in [0.5, 0.6) is 0 Å². The summed E-state index contributed by atoms with van der Waals surface area (Å²) in [6, 6.07) is 16.0. The van der Waals surface area contributed by atoms with Gasteiger partial charge in [0, 0.05) is 34.1 Å². The van der Waals surface area contributed by atoms with Crippen molar-refractivity contribution in [1.29, 1.82) is 0 Å². The van der Waals surface area contributed by atoms with Crippen LogP contribution < -0.4 is 5.32 Å². The van der Waals surface area contributed by atoms with Gasteiger partial charge in [-0.1, -0.05) is 24.8 Å². The number of hydrogen-bond donors (Lipinski definition) is 1. The monoisotopic (exact) mass is 424 g/mol. The predicted octanol–water partition coefficient (Wildman–Crippen LogP) is 6.58. The van der Waals surface area contributed by atoms with Crippen molar-refractivity contribution in [2.24, 2.45) is 0 Å². The number of fused-ring (bicyclic) bond motifs is 1. The number of carbonyl (C=O) groups is 1. The Hall–Kier alpha value is -3.87.